The van der Waals surface area contributed by atoms with Crippen LogP contribution in [0.25, 0.3) is 5.52 Å². The van der Waals surface area contributed by atoms with Crippen molar-refractivity contribution in [3.05, 3.63) is 59.2 Å². The van der Waals surface area contributed by atoms with Crippen LogP contribution in [0.3, 0.4) is 0 Å². The van der Waals surface area contributed by atoms with Crippen LogP contribution in [0.5, 0.6) is 5.75 Å². The highest BCUT2D eigenvalue weighted by atomic mass is 19.4. The summed E-state index contributed by atoms with van der Waals surface area (Å²) in [5.41, 5.74) is 0.635. The smallest absolute Gasteiger partial charge is 0.417 e. The number of hydrazone groups is 1. The SMILES string of the molecule is CC(=NC1CCN(C#N)CC1)/C(=N\N)c1cc(OC(CO)c2cncc(C(F)(F)F)c2)c2c(C#N)cnn2c1. The molecule has 1 aliphatic rings. The Bertz CT molecular complexity index is 1490. The number of aliphatic hydroxyl groups excluding tert-OH is 1. The minimum absolute atomic E-state index is 0.0110. The summed E-state index contributed by atoms with van der Waals surface area (Å²) in [4.78, 5) is 10.0. The minimum atomic E-state index is -4.63. The molecule has 0 aromatic carbocycles. The van der Waals surface area contributed by atoms with Crippen LogP contribution in [-0.4, -0.2) is 61.8 Å². The van der Waals surface area contributed by atoms with Gasteiger partial charge in [-0.1, -0.05) is 0 Å². The van der Waals surface area contributed by atoms with E-state index in [-0.39, 0.29) is 28.4 Å². The number of aliphatic hydroxyl groups is 1. The summed E-state index contributed by atoms with van der Waals surface area (Å²) in [5.74, 6) is 5.80. The van der Waals surface area contributed by atoms with Crippen molar-refractivity contribution in [1.29, 1.82) is 10.5 Å². The van der Waals surface area contributed by atoms with Crippen LogP contribution in [0.2, 0.25) is 0 Å². The van der Waals surface area contributed by atoms with E-state index in [2.05, 4.69) is 21.4 Å². The van der Waals surface area contributed by atoms with Crippen LogP contribution in [0.1, 0.15) is 48.1 Å². The molecule has 3 aromatic rings. The Kier molecular flexibility index (Phi) is 7.97. The molecule has 0 saturated carbocycles. The van der Waals surface area contributed by atoms with Crippen molar-refractivity contribution in [2.45, 2.75) is 38.1 Å². The number of hydrogen-bond acceptors (Lipinski definition) is 10. The second-order valence-electron chi connectivity index (χ2n) is 8.86. The van der Waals surface area contributed by atoms with Crippen LogP contribution in [-0.2, 0) is 6.18 Å². The highest BCUT2D eigenvalue weighted by Crippen LogP contribution is 2.33. The van der Waals surface area contributed by atoms with Gasteiger partial charge in [0.15, 0.2) is 6.19 Å². The van der Waals surface area contributed by atoms with Crippen LogP contribution < -0.4 is 10.6 Å². The van der Waals surface area contributed by atoms with E-state index in [0.29, 0.717) is 49.1 Å². The molecular formula is C25H24F3N9O2. The predicted octanol–water partition coefficient (Wildman–Crippen LogP) is 2.80. The molecule has 0 radical (unpaired) electrons. The number of aromatic nitrogens is 3. The number of hydrogen-bond donors (Lipinski definition) is 2. The molecule has 1 saturated heterocycles. The van der Waals surface area contributed by atoms with E-state index in [0.717, 1.165) is 6.07 Å². The number of pyridine rings is 2. The van der Waals surface area contributed by atoms with Crippen LogP contribution >= 0.6 is 0 Å². The minimum Gasteiger partial charge on any atom is -0.481 e. The normalized spacial score (nSPS) is 16.1. The van der Waals surface area contributed by atoms with Crippen LogP contribution in [0.4, 0.5) is 13.2 Å². The zero-order valence-electron chi connectivity index (χ0n) is 20.8. The van der Waals surface area contributed by atoms with Crippen molar-refractivity contribution in [1.82, 2.24) is 19.5 Å². The summed E-state index contributed by atoms with van der Waals surface area (Å²) in [6, 6.07) is 4.33. The first-order valence-electron chi connectivity index (χ1n) is 11.9. The Hall–Kier alpha value is -4.69. The lowest BCUT2D eigenvalue weighted by Gasteiger charge is -2.26. The lowest BCUT2D eigenvalue weighted by atomic mass is 10.0. The van der Waals surface area contributed by atoms with Gasteiger partial charge in [0.25, 0.3) is 0 Å². The molecule has 11 nitrogen and oxygen atoms in total. The molecule has 3 aromatic heterocycles. The van der Waals surface area contributed by atoms with E-state index in [1.165, 1.54) is 23.0 Å². The first-order valence-corrected chi connectivity index (χ1v) is 11.9. The Morgan fingerprint density at radius 3 is 2.62 bits per heavy atom. The van der Waals surface area contributed by atoms with E-state index in [4.69, 9.17) is 20.8 Å². The fourth-order valence-electron chi connectivity index (χ4n) is 4.35. The van der Waals surface area contributed by atoms with Crippen molar-refractivity contribution in [3.63, 3.8) is 0 Å². The molecule has 0 aliphatic carbocycles. The average molecular weight is 540 g/mol. The van der Waals surface area contributed by atoms with E-state index >= 15 is 0 Å². The van der Waals surface area contributed by atoms with Gasteiger partial charge < -0.3 is 20.6 Å². The van der Waals surface area contributed by atoms with Gasteiger partial charge >= 0.3 is 6.18 Å². The van der Waals surface area contributed by atoms with Gasteiger partial charge in [-0.15, -0.1) is 0 Å². The van der Waals surface area contributed by atoms with E-state index in [1.54, 1.807) is 18.0 Å². The fraction of sp³-hybridized carbons (Fsp3) is 0.360. The topological polar surface area (TPSA) is 161 Å². The molecule has 202 valence electrons. The second kappa shape index (κ2) is 11.4. The third-order valence-corrected chi connectivity index (χ3v) is 6.32. The van der Waals surface area contributed by atoms with E-state index in [1.807, 2.05) is 6.07 Å². The second-order valence-corrected chi connectivity index (χ2v) is 8.86. The first kappa shape index (κ1) is 27.3. The summed E-state index contributed by atoms with van der Waals surface area (Å²) >= 11 is 0. The molecule has 0 amide bonds. The van der Waals surface area contributed by atoms with Crippen molar-refractivity contribution in [2.24, 2.45) is 15.9 Å². The van der Waals surface area contributed by atoms with Crippen molar-refractivity contribution < 1.29 is 23.0 Å². The number of nitriles is 2. The molecular weight excluding hydrogens is 515 g/mol. The van der Waals surface area contributed by atoms with Crippen molar-refractivity contribution in [2.75, 3.05) is 19.7 Å². The molecule has 4 heterocycles. The van der Waals surface area contributed by atoms with Gasteiger partial charge in [-0.2, -0.15) is 33.9 Å². The number of nitrogens with zero attached hydrogens (tertiary/aromatic N) is 8. The number of halogens is 3. The molecule has 1 unspecified atom stereocenters. The maximum Gasteiger partial charge on any atom is 0.417 e. The monoisotopic (exact) mass is 539 g/mol. The third-order valence-electron chi connectivity index (χ3n) is 6.32. The largest absolute Gasteiger partial charge is 0.481 e. The van der Waals surface area contributed by atoms with Gasteiger partial charge in [0.1, 0.15) is 34.7 Å². The Balaban J connectivity index is 1.72. The van der Waals surface area contributed by atoms with Crippen LogP contribution in [0.15, 0.2) is 47.0 Å². The number of alkyl halides is 3. The quantitative estimate of drug-likeness (QED) is 0.201. The summed E-state index contributed by atoms with van der Waals surface area (Å²) in [6.45, 7) is 2.25. The molecule has 14 heteroatoms. The highest BCUT2D eigenvalue weighted by molar-refractivity contribution is 6.47. The molecule has 1 fully saturated rings. The number of likely N-dealkylation sites (tertiary alicyclic amines) is 1. The fourth-order valence-corrected chi connectivity index (χ4v) is 4.35. The maximum absolute atomic E-state index is 13.2. The summed E-state index contributed by atoms with van der Waals surface area (Å²) in [6.07, 6.45) is 2.36. The van der Waals surface area contributed by atoms with Gasteiger partial charge in [0, 0.05) is 42.8 Å². The number of fused-ring (bicyclic) bond motifs is 1. The lowest BCUT2D eigenvalue weighted by molar-refractivity contribution is -0.137. The standard InChI is InChI=1S/C25H24F3N9O2/c1-15(34-20-2-4-36(14-30)5-3-20)23(35-31)17-7-21(24-18(8-29)10-33-37(24)12-17)39-22(13-38)16-6-19(11-32-9-16)25(26,27)28/h6-7,9-12,20,22,38H,2-5,13,31H2,1H3/b34-15?,35-23+. The molecule has 0 spiro atoms. The van der Waals surface area contributed by atoms with E-state index in [9.17, 15) is 23.5 Å². The molecule has 1 aliphatic heterocycles. The van der Waals surface area contributed by atoms with Gasteiger partial charge in [-0.3, -0.25) is 9.98 Å². The van der Waals surface area contributed by atoms with Gasteiger partial charge in [0.2, 0.25) is 0 Å². The van der Waals surface area contributed by atoms with Gasteiger partial charge in [0.05, 0.1) is 30.1 Å². The summed E-state index contributed by atoms with van der Waals surface area (Å²) < 4.78 is 47.1. The number of nitrogens with two attached hydrogens (primary N) is 1. The maximum atomic E-state index is 13.2. The average Bonchev–Trinajstić information content (AvgIpc) is 3.35. The number of piperidine rings is 1. The van der Waals surface area contributed by atoms with E-state index < -0.39 is 24.5 Å². The number of rotatable bonds is 7. The molecule has 39 heavy (non-hydrogen) atoms. The number of aliphatic imine (C=N–C) groups is 1. The zero-order chi connectivity index (χ0) is 28.2. The lowest BCUT2D eigenvalue weighted by Crippen LogP contribution is -2.32. The summed E-state index contributed by atoms with van der Waals surface area (Å²) in [7, 11) is 0. The van der Waals surface area contributed by atoms with Crippen LogP contribution in [0, 0.1) is 22.8 Å². The molecule has 0 bridgehead atoms. The third kappa shape index (κ3) is 5.91. The summed E-state index contributed by atoms with van der Waals surface area (Å²) in [5, 5.41) is 36.8. The van der Waals surface area contributed by atoms with Crippen molar-refractivity contribution >= 4 is 16.9 Å². The predicted molar refractivity (Wildman–Crippen MR) is 134 cm³/mol. The Morgan fingerprint density at radius 1 is 1.26 bits per heavy atom. The number of ether oxygens (including phenoxy) is 1. The Labute approximate surface area is 221 Å². The van der Waals surface area contributed by atoms with Crippen molar-refractivity contribution in [3.8, 4) is 18.0 Å². The van der Waals surface area contributed by atoms with Gasteiger partial charge in [-0.25, -0.2) is 4.52 Å². The molecule has 3 N–H and O–H groups in total. The zero-order valence-corrected chi connectivity index (χ0v) is 20.8. The molecule has 1 atom stereocenters. The Morgan fingerprint density at radius 2 is 2.00 bits per heavy atom. The highest BCUT2D eigenvalue weighted by Gasteiger charge is 2.32. The van der Waals surface area contributed by atoms with Gasteiger partial charge in [-0.05, 0) is 31.9 Å². The molecule has 4 rings (SSSR count). The first-order chi connectivity index (χ1) is 18.7.